The molecule has 2 N–H and O–H groups in total. The Kier molecular flexibility index (Phi) is 3.02. The summed E-state index contributed by atoms with van der Waals surface area (Å²) in [4.78, 5) is 17.9. The van der Waals surface area contributed by atoms with E-state index in [1.54, 1.807) is 0 Å². The number of carboxylic acid groups (broad SMARTS) is 1. The predicted octanol–water partition coefficient (Wildman–Crippen LogP) is 1.01. The Bertz CT molecular complexity index is 318. The molecule has 1 aromatic rings. The highest BCUT2D eigenvalue weighted by molar-refractivity contribution is 6.29. The molecule has 0 aliphatic rings. The minimum Gasteiger partial charge on any atom is -0.480 e. The fourth-order valence-electron chi connectivity index (χ4n) is 0.696. The SMILES string of the molecule is C[C@@H](Nc1cc(Cl)ncn1)C(=O)O. The van der Waals surface area contributed by atoms with Crippen LogP contribution in [0.3, 0.4) is 0 Å². The van der Waals surface area contributed by atoms with Crippen LogP contribution in [-0.2, 0) is 4.79 Å². The number of anilines is 1. The standard InChI is InChI=1S/C7H8ClN3O2/c1-4(7(12)13)11-6-2-5(8)9-3-10-6/h2-4H,1H3,(H,12,13)(H,9,10,11)/t4-/m1/s1. The van der Waals surface area contributed by atoms with E-state index < -0.39 is 12.0 Å². The van der Waals surface area contributed by atoms with Gasteiger partial charge < -0.3 is 10.4 Å². The molecule has 0 bridgehead atoms. The van der Waals surface area contributed by atoms with Crippen LogP contribution in [0, 0.1) is 0 Å². The zero-order valence-electron chi connectivity index (χ0n) is 6.86. The molecule has 5 nitrogen and oxygen atoms in total. The Labute approximate surface area is 79.8 Å². The number of hydrogen-bond donors (Lipinski definition) is 2. The first kappa shape index (κ1) is 9.73. The highest BCUT2D eigenvalue weighted by atomic mass is 35.5. The van der Waals surface area contributed by atoms with Crippen molar-refractivity contribution in [3.05, 3.63) is 17.5 Å². The summed E-state index contributed by atoms with van der Waals surface area (Å²) in [6, 6.07) is 0.757. The van der Waals surface area contributed by atoms with Crippen molar-refractivity contribution in [1.29, 1.82) is 0 Å². The van der Waals surface area contributed by atoms with Crippen molar-refractivity contribution in [2.45, 2.75) is 13.0 Å². The normalized spacial score (nSPS) is 12.2. The van der Waals surface area contributed by atoms with Gasteiger partial charge in [-0.1, -0.05) is 11.6 Å². The lowest BCUT2D eigenvalue weighted by molar-refractivity contribution is -0.137. The molecule has 0 amide bonds. The molecular weight excluding hydrogens is 194 g/mol. The fourth-order valence-corrected chi connectivity index (χ4v) is 0.843. The van der Waals surface area contributed by atoms with Crippen LogP contribution < -0.4 is 5.32 Å². The number of rotatable bonds is 3. The van der Waals surface area contributed by atoms with Gasteiger partial charge in [0.15, 0.2) is 0 Å². The molecule has 0 unspecified atom stereocenters. The summed E-state index contributed by atoms with van der Waals surface area (Å²) in [7, 11) is 0. The molecule has 0 spiro atoms. The Balaban J connectivity index is 2.69. The fraction of sp³-hybridized carbons (Fsp3) is 0.286. The number of halogens is 1. The van der Waals surface area contributed by atoms with E-state index in [4.69, 9.17) is 16.7 Å². The van der Waals surface area contributed by atoms with Crippen molar-refractivity contribution in [2.24, 2.45) is 0 Å². The molecule has 0 aromatic carbocycles. The van der Waals surface area contributed by atoms with E-state index in [0.717, 1.165) is 0 Å². The van der Waals surface area contributed by atoms with Crippen LogP contribution in [0.5, 0.6) is 0 Å². The quantitative estimate of drug-likeness (QED) is 0.714. The second-order valence-electron chi connectivity index (χ2n) is 2.43. The monoisotopic (exact) mass is 201 g/mol. The maximum absolute atomic E-state index is 10.4. The number of aromatic nitrogens is 2. The first-order valence-electron chi connectivity index (χ1n) is 3.56. The third-order valence-corrected chi connectivity index (χ3v) is 1.58. The van der Waals surface area contributed by atoms with E-state index in [1.165, 1.54) is 19.3 Å². The van der Waals surface area contributed by atoms with Crippen molar-refractivity contribution in [3.8, 4) is 0 Å². The Morgan fingerprint density at radius 3 is 2.92 bits per heavy atom. The van der Waals surface area contributed by atoms with Gasteiger partial charge in [0.25, 0.3) is 0 Å². The molecule has 0 aliphatic carbocycles. The molecule has 6 heteroatoms. The molecule has 70 valence electrons. The van der Waals surface area contributed by atoms with Gasteiger partial charge in [-0.15, -0.1) is 0 Å². The summed E-state index contributed by atoms with van der Waals surface area (Å²) in [6.45, 7) is 1.51. The van der Waals surface area contributed by atoms with Crippen LogP contribution in [0.1, 0.15) is 6.92 Å². The molecule has 13 heavy (non-hydrogen) atoms. The first-order valence-corrected chi connectivity index (χ1v) is 3.94. The van der Waals surface area contributed by atoms with Crippen molar-refractivity contribution in [1.82, 2.24) is 9.97 Å². The number of hydrogen-bond acceptors (Lipinski definition) is 4. The highest BCUT2D eigenvalue weighted by Crippen LogP contribution is 2.09. The number of aliphatic carboxylic acids is 1. The summed E-state index contributed by atoms with van der Waals surface area (Å²) in [5, 5.41) is 11.5. The minimum atomic E-state index is -0.949. The van der Waals surface area contributed by atoms with Crippen molar-refractivity contribution >= 4 is 23.4 Å². The third kappa shape index (κ3) is 2.87. The van der Waals surface area contributed by atoms with Crippen LogP contribution in [0.4, 0.5) is 5.82 Å². The summed E-state index contributed by atoms with van der Waals surface area (Å²) < 4.78 is 0. The molecule has 0 fully saturated rings. The summed E-state index contributed by atoms with van der Waals surface area (Å²) in [6.07, 6.45) is 1.26. The Morgan fingerprint density at radius 1 is 1.69 bits per heavy atom. The van der Waals surface area contributed by atoms with Gasteiger partial charge in [-0.25, -0.2) is 9.97 Å². The smallest absolute Gasteiger partial charge is 0.325 e. The van der Waals surface area contributed by atoms with Gasteiger partial charge in [-0.3, -0.25) is 4.79 Å². The van der Waals surface area contributed by atoms with Crippen molar-refractivity contribution < 1.29 is 9.90 Å². The molecule has 1 aromatic heterocycles. The molecule has 1 rings (SSSR count). The number of carboxylic acids is 1. The van der Waals surface area contributed by atoms with Gasteiger partial charge in [0.2, 0.25) is 0 Å². The lowest BCUT2D eigenvalue weighted by Gasteiger charge is -2.08. The minimum absolute atomic E-state index is 0.273. The van der Waals surface area contributed by atoms with Gasteiger partial charge >= 0.3 is 5.97 Å². The maximum atomic E-state index is 10.4. The molecule has 1 atom stereocenters. The van der Waals surface area contributed by atoms with E-state index >= 15 is 0 Å². The Morgan fingerprint density at radius 2 is 2.38 bits per heavy atom. The maximum Gasteiger partial charge on any atom is 0.325 e. The second-order valence-corrected chi connectivity index (χ2v) is 2.82. The number of carbonyl (C=O) groups is 1. The van der Waals surface area contributed by atoms with Gasteiger partial charge in [0.05, 0.1) is 0 Å². The van der Waals surface area contributed by atoms with Crippen molar-refractivity contribution in [3.63, 3.8) is 0 Å². The zero-order chi connectivity index (χ0) is 9.84. The molecule has 0 saturated heterocycles. The highest BCUT2D eigenvalue weighted by Gasteiger charge is 2.10. The lowest BCUT2D eigenvalue weighted by Crippen LogP contribution is -2.25. The van der Waals surface area contributed by atoms with E-state index in [2.05, 4.69) is 15.3 Å². The average molecular weight is 202 g/mol. The number of nitrogens with one attached hydrogen (secondary N) is 1. The van der Waals surface area contributed by atoms with E-state index in [1.807, 2.05) is 0 Å². The van der Waals surface area contributed by atoms with Crippen LogP contribution in [0.2, 0.25) is 5.15 Å². The van der Waals surface area contributed by atoms with E-state index in [-0.39, 0.29) is 5.15 Å². The van der Waals surface area contributed by atoms with Crippen LogP contribution in [-0.4, -0.2) is 27.1 Å². The van der Waals surface area contributed by atoms with Gasteiger partial charge in [0, 0.05) is 6.07 Å². The molecule has 1 heterocycles. The summed E-state index contributed by atoms with van der Waals surface area (Å²) in [5.74, 6) is -0.551. The van der Waals surface area contributed by atoms with E-state index in [9.17, 15) is 4.79 Å². The van der Waals surface area contributed by atoms with Crippen molar-refractivity contribution in [2.75, 3.05) is 5.32 Å². The lowest BCUT2D eigenvalue weighted by atomic mass is 10.3. The van der Waals surface area contributed by atoms with Crippen LogP contribution in [0.15, 0.2) is 12.4 Å². The Hall–Kier alpha value is -1.36. The van der Waals surface area contributed by atoms with E-state index in [0.29, 0.717) is 5.82 Å². The molecular formula is C7H8ClN3O2. The molecule has 0 radical (unpaired) electrons. The van der Waals surface area contributed by atoms with Crippen LogP contribution >= 0.6 is 11.6 Å². The van der Waals surface area contributed by atoms with Gasteiger partial charge in [0.1, 0.15) is 23.3 Å². The molecule has 0 saturated carbocycles. The largest absolute Gasteiger partial charge is 0.480 e. The predicted molar refractivity (Wildman–Crippen MR) is 47.8 cm³/mol. The summed E-state index contributed by atoms with van der Waals surface area (Å²) in [5.41, 5.74) is 0. The van der Waals surface area contributed by atoms with Gasteiger partial charge in [-0.2, -0.15) is 0 Å². The second kappa shape index (κ2) is 4.04. The zero-order valence-corrected chi connectivity index (χ0v) is 7.62. The summed E-state index contributed by atoms with van der Waals surface area (Å²) >= 11 is 5.57. The average Bonchev–Trinajstić information content (AvgIpc) is 2.04. The topological polar surface area (TPSA) is 75.1 Å². The molecule has 0 aliphatic heterocycles. The first-order chi connectivity index (χ1) is 6.09. The number of nitrogens with zero attached hydrogens (tertiary/aromatic N) is 2. The van der Waals surface area contributed by atoms with Gasteiger partial charge in [-0.05, 0) is 6.92 Å². The van der Waals surface area contributed by atoms with Crippen LogP contribution in [0.25, 0.3) is 0 Å². The third-order valence-electron chi connectivity index (χ3n) is 1.37.